The van der Waals surface area contributed by atoms with Crippen molar-refractivity contribution in [3.8, 4) is 11.3 Å². The quantitative estimate of drug-likeness (QED) is 0.776. The minimum Gasteiger partial charge on any atom is -0.311 e. The fraction of sp³-hybridized carbons (Fsp3) is 0.200. The smallest absolute Gasteiger partial charge is 0.251 e. The number of aromatic amines is 1. The first-order valence-electron chi connectivity index (χ1n) is 4.29. The van der Waals surface area contributed by atoms with Crippen LogP contribution < -0.4 is 5.56 Å². The monoisotopic (exact) mass is 206 g/mol. The van der Waals surface area contributed by atoms with Crippen LogP contribution in [0.3, 0.4) is 0 Å². The molecule has 2 heterocycles. The van der Waals surface area contributed by atoms with E-state index in [1.807, 2.05) is 18.4 Å². The fourth-order valence-electron chi connectivity index (χ4n) is 1.37. The van der Waals surface area contributed by atoms with Crippen molar-refractivity contribution in [3.63, 3.8) is 0 Å². The van der Waals surface area contributed by atoms with Crippen LogP contribution in [-0.2, 0) is 0 Å². The van der Waals surface area contributed by atoms with E-state index in [1.165, 1.54) is 10.9 Å². The number of aryl methyl sites for hydroxylation is 2. The highest BCUT2D eigenvalue weighted by Crippen LogP contribution is 2.24. The summed E-state index contributed by atoms with van der Waals surface area (Å²) >= 11 is 1.66. The predicted molar refractivity (Wildman–Crippen MR) is 57.6 cm³/mol. The molecule has 1 N–H and O–H groups in total. The Bertz CT molecular complexity index is 513. The molecule has 72 valence electrons. The van der Waals surface area contributed by atoms with Gasteiger partial charge in [-0.25, -0.2) is 4.98 Å². The molecule has 0 spiro atoms. The Hall–Kier alpha value is -1.42. The summed E-state index contributed by atoms with van der Waals surface area (Å²) in [5.74, 6) is 0.651. The molecule has 0 saturated heterocycles. The second-order valence-corrected chi connectivity index (χ2v) is 4.23. The third-order valence-electron chi connectivity index (χ3n) is 1.99. The molecule has 0 radical (unpaired) electrons. The zero-order chi connectivity index (χ0) is 10.1. The largest absolute Gasteiger partial charge is 0.311 e. The molecule has 0 atom stereocenters. The van der Waals surface area contributed by atoms with Gasteiger partial charge in [0.2, 0.25) is 0 Å². The summed E-state index contributed by atoms with van der Waals surface area (Å²) in [6.07, 6.45) is 0. The summed E-state index contributed by atoms with van der Waals surface area (Å²) in [6.45, 7) is 3.81. The van der Waals surface area contributed by atoms with Gasteiger partial charge < -0.3 is 4.98 Å². The summed E-state index contributed by atoms with van der Waals surface area (Å²) in [5.41, 5.74) is 1.70. The first-order chi connectivity index (χ1) is 6.66. The van der Waals surface area contributed by atoms with E-state index in [1.54, 1.807) is 18.3 Å². The van der Waals surface area contributed by atoms with E-state index >= 15 is 0 Å². The minimum atomic E-state index is -0.0990. The molecule has 0 unspecified atom stereocenters. The van der Waals surface area contributed by atoms with E-state index in [4.69, 9.17) is 0 Å². The topological polar surface area (TPSA) is 45.8 Å². The standard InChI is InChI=1S/C10H10N2OS/c1-6-8(3-4-14-6)9-5-10(13)12-7(2)11-9/h3-5H,1-2H3,(H,11,12,13). The van der Waals surface area contributed by atoms with Crippen molar-refractivity contribution >= 4 is 11.3 Å². The van der Waals surface area contributed by atoms with Crippen molar-refractivity contribution in [2.45, 2.75) is 13.8 Å². The Morgan fingerprint density at radius 1 is 1.43 bits per heavy atom. The van der Waals surface area contributed by atoms with E-state index in [0.717, 1.165) is 11.3 Å². The SMILES string of the molecule is Cc1nc(-c2ccsc2C)cc(=O)[nH]1. The van der Waals surface area contributed by atoms with Crippen molar-refractivity contribution in [3.05, 3.63) is 38.6 Å². The van der Waals surface area contributed by atoms with Crippen LogP contribution >= 0.6 is 11.3 Å². The van der Waals surface area contributed by atoms with Crippen molar-refractivity contribution in [2.75, 3.05) is 0 Å². The number of H-pyrrole nitrogens is 1. The van der Waals surface area contributed by atoms with Crippen LogP contribution in [0.4, 0.5) is 0 Å². The second-order valence-electron chi connectivity index (χ2n) is 3.11. The zero-order valence-corrected chi connectivity index (χ0v) is 8.81. The highest BCUT2D eigenvalue weighted by Gasteiger charge is 2.05. The molecule has 0 aromatic carbocycles. The molecule has 4 heteroatoms. The molecule has 2 aromatic heterocycles. The lowest BCUT2D eigenvalue weighted by Gasteiger charge is -1.99. The molecule has 0 aliphatic heterocycles. The summed E-state index contributed by atoms with van der Waals surface area (Å²) in [5, 5.41) is 2.00. The Balaban J connectivity index is 2.63. The van der Waals surface area contributed by atoms with Gasteiger partial charge in [-0.15, -0.1) is 11.3 Å². The molecule has 0 aliphatic rings. The third-order valence-corrected chi connectivity index (χ3v) is 2.84. The lowest BCUT2D eigenvalue weighted by atomic mass is 10.2. The summed E-state index contributed by atoms with van der Waals surface area (Å²) in [7, 11) is 0. The fourth-order valence-corrected chi connectivity index (χ4v) is 2.08. The van der Waals surface area contributed by atoms with E-state index in [0.29, 0.717) is 5.82 Å². The molecule has 3 nitrogen and oxygen atoms in total. The third kappa shape index (κ3) is 1.61. The first-order valence-corrected chi connectivity index (χ1v) is 5.17. The van der Waals surface area contributed by atoms with Gasteiger partial charge in [0.1, 0.15) is 5.82 Å². The Kier molecular flexibility index (Phi) is 2.21. The van der Waals surface area contributed by atoms with E-state index in [2.05, 4.69) is 9.97 Å². The molecular weight excluding hydrogens is 196 g/mol. The molecule has 14 heavy (non-hydrogen) atoms. The number of aromatic nitrogens is 2. The number of nitrogens with one attached hydrogen (secondary N) is 1. The van der Waals surface area contributed by atoms with Crippen LogP contribution in [0.5, 0.6) is 0 Å². The maximum atomic E-state index is 11.2. The number of rotatable bonds is 1. The van der Waals surface area contributed by atoms with Crippen LogP contribution in [0.1, 0.15) is 10.7 Å². The number of nitrogens with zero attached hydrogens (tertiary/aromatic N) is 1. The first kappa shape index (κ1) is 9.15. The number of thiophene rings is 1. The van der Waals surface area contributed by atoms with Gasteiger partial charge in [-0.3, -0.25) is 4.79 Å². The van der Waals surface area contributed by atoms with Gasteiger partial charge in [0, 0.05) is 16.5 Å². The van der Waals surface area contributed by atoms with Crippen LogP contribution in [0.2, 0.25) is 0 Å². The van der Waals surface area contributed by atoms with Gasteiger partial charge in [0.25, 0.3) is 5.56 Å². The predicted octanol–water partition coefficient (Wildman–Crippen LogP) is 2.12. The highest BCUT2D eigenvalue weighted by molar-refractivity contribution is 7.10. The van der Waals surface area contributed by atoms with Gasteiger partial charge in [-0.1, -0.05) is 0 Å². The molecular formula is C10H10N2OS. The van der Waals surface area contributed by atoms with Gasteiger partial charge in [-0.05, 0) is 25.3 Å². The Labute approximate surface area is 85.5 Å². The van der Waals surface area contributed by atoms with E-state index in [-0.39, 0.29) is 5.56 Å². The molecule has 0 fully saturated rings. The summed E-state index contributed by atoms with van der Waals surface area (Å²) in [4.78, 5) is 19.3. The Morgan fingerprint density at radius 2 is 2.21 bits per heavy atom. The van der Waals surface area contributed by atoms with Gasteiger partial charge in [0.05, 0.1) is 5.69 Å². The maximum absolute atomic E-state index is 11.2. The molecule has 2 aromatic rings. The van der Waals surface area contributed by atoms with E-state index in [9.17, 15) is 4.79 Å². The number of hydrogen-bond acceptors (Lipinski definition) is 3. The lowest BCUT2D eigenvalue weighted by Crippen LogP contribution is -2.08. The number of hydrogen-bond donors (Lipinski definition) is 1. The van der Waals surface area contributed by atoms with Crippen molar-refractivity contribution in [1.29, 1.82) is 0 Å². The molecule has 0 bridgehead atoms. The molecule has 0 aliphatic carbocycles. The maximum Gasteiger partial charge on any atom is 0.251 e. The minimum absolute atomic E-state index is 0.0990. The van der Waals surface area contributed by atoms with Crippen molar-refractivity contribution in [2.24, 2.45) is 0 Å². The van der Waals surface area contributed by atoms with Gasteiger partial charge in [0.15, 0.2) is 0 Å². The molecule has 0 saturated carbocycles. The van der Waals surface area contributed by atoms with E-state index < -0.39 is 0 Å². The zero-order valence-electron chi connectivity index (χ0n) is 8.00. The van der Waals surface area contributed by atoms with Crippen LogP contribution in [0.15, 0.2) is 22.3 Å². The summed E-state index contributed by atoms with van der Waals surface area (Å²) in [6, 6.07) is 3.52. The second kappa shape index (κ2) is 3.38. The highest BCUT2D eigenvalue weighted by atomic mass is 32.1. The van der Waals surface area contributed by atoms with Crippen LogP contribution in [0, 0.1) is 13.8 Å². The van der Waals surface area contributed by atoms with Gasteiger partial charge >= 0.3 is 0 Å². The molecule has 0 amide bonds. The average molecular weight is 206 g/mol. The van der Waals surface area contributed by atoms with Gasteiger partial charge in [-0.2, -0.15) is 0 Å². The normalized spacial score (nSPS) is 10.4. The van der Waals surface area contributed by atoms with Crippen molar-refractivity contribution < 1.29 is 0 Å². The van der Waals surface area contributed by atoms with Crippen LogP contribution in [0.25, 0.3) is 11.3 Å². The van der Waals surface area contributed by atoms with Crippen molar-refractivity contribution in [1.82, 2.24) is 9.97 Å². The van der Waals surface area contributed by atoms with Crippen LogP contribution in [-0.4, -0.2) is 9.97 Å². The lowest BCUT2D eigenvalue weighted by molar-refractivity contribution is 1.02. The molecule has 2 rings (SSSR count). The average Bonchev–Trinajstić information content (AvgIpc) is 2.49. The Morgan fingerprint density at radius 3 is 2.79 bits per heavy atom. The summed E-state index contributed by atoms with van der Waals surface area (Å²) < 4.78 is 0.